The third kappa shape index (κ3) is 4.82. The number of fused-ring (bicyclic) bond motifs is 2. The van der Waals surface area contributed by atoms with Crippen molar-refractivity contribution in [1.29, 1.82) is 5.41 Å². The van der Waals surface area contributed by atoms with Crippen molar-refractivity contribution in [2.24, 2.45) is 16.0 Å². The molecule has 3 heterocycles. The van der Waals surface area contributed by atoms with Crippen LogP contribution in [0.3, 0.4) is 0 Å². The zero-order valence-electron chi connectivity index (χ0n) is 22.7. The molecule has 7 nitrogen and oxygen atoms in total. The summed E-state index contributed by atoms with van der Waals surface area (Å²) in [6.07, 6.45) is 7.73. The number of benzene rings is 2. The van der Waals surface area contributed by atoms with Crippen LogP contribution in [-0.2, 0) is 11.3 Å². The van der Waals surface area contributed by atoms with Crippen LogP contribution in [0.5, 0.6) is 5.75 Å². The molecule has 200 valence electrons. The molecule has 3 aliphatic rings. The van der Waals surface area contributed by atoms with E-state index in [1.807, 2.05) is 24.3 Å². The van der Waals surface area contributed by atoms with Gasteiger partial charge in [0.15, 0.2) is 5.84 Å². The molecule has 1 amide bonds. The lowest BCUT2D eigenvalue weighted by Gasteiger charge is -2.20. The molecule has 0 bridgehead atoms. The van der Waals surface area contributed by atoms with Gasteiger partial charge in [0, 0.05) is 28.1 Å². The fraction of sp³-hybridized carbons (Fsp3) is 0.355. The predicted molar refractivity (Wildman–Crippen MR) is 160 cm³/mol. The molecule has 2 aliphatic heterocycles. The molecule has 2 aromatic carbocycles. The van der Waals surface area contributed by atoms with E-state index in [1.54, 1.807) is 5.01 Å². The number of hydrazone groups is 1. The minimum atomic E-state index is -0.381. The van der Waals surface area contributed by atoms with Gasteiger partial charge in [-0.3, -0.25) is 10.2 Å². The summed E-state index contributed by atoms with van der Waals surface area (Å²) in [7, 11) is 0. The summed E-state index contributed by atoms with van der Waals surface area (Å²) >= 11 is 1.45. The fourth-order valence-corrected chi connectivity index (χ4v) is 6.86. The van der Waals surface area contributed by atoms with E-state index in [4.69, 9.17) is 15.2 Å². The number of rotatable bonds is 6. The number of ether oxygens (including phenoxy) is 1. The third-order valence-electron chi connectivity index (χ3n) is 7.90. The topological polar surface area (TPSA) is 83.0 Å². The van der Waals surface area contributed by atoms with Crippen LogP contribution in [-0.4, -0.2) is 38.1 Å². The number of hydrogen-bond donors (Lipinski definition) is 1. The molecule has 6 rings (SSSR count). The van der Waals surface area contributed by atoms with E-state index in [0.717, 1.165) is 51.4 Å². The van der Waals surface area contributed by atoms with Crippen LogP contribution in [0.15, 0.2) is 58.1 Å². The smallest absolute Gasteiger partial charge is 0.283 e. The van der Waals surface area contributed by atoms with E-state index >= 15 is 0 Å². The van der Waals surface area contributed by atoms with Gasteiger partial charge < -0.3 is 9.30 Å². The summed E-state index contributed by atoms with van der Waals surface area (Å²) in [5.41, 5.74) is 5.62. The standard InChI is InChI=1S/C31H33N5O2S/c1-19-13-14-27(20(2)17-19)38-16-15-35-21(3)24(23-11-7-8-12-26(23)35)18-25-28(32)36-31(33-29(25)37)39-30(34-36)22-9-5-4-6-10-22/h7-8,11-14,17-18,22,32H,4-6,9-10,15-16H2,1-3H3/b25-18-,32-28?. The quantitative estimate of drug-likeness (QED) is 0.348. The van der Waals surface area contributed by atoms with Crippen LogP contribution in [0.1, 0.15) is 54.5 Å². The molecule has 3 aromatic rings. The lowest BCUT2D eigenvalue weighted by Crippen LogP contribution is -2.35. The molecule has 39 heavy (non-hydrogen) atoms. The van der Waals surface area contributed by atoms with Crippen LogP contribution >= 0.6 is 11.8 Å². The van der Waals surface area contributed by atoms with Crippen molar-refractivity contribution in [2.45, 2.75) is 59.4 Å². The van der Waals surface area contributed by atoms with Crippen molar-refractivity contribution in [2.75, 3.05) is 6.61 Å². The Morgan fingerprint density at radius 3 is 2.69 bits per heavy atom. The fourth-order valence-electron chi connectivity index (χ4n) is 5.80. The number of para-hydroxylation sites is 1. The molecule has 0 radical (unpaired) electrons. The second-order valence-corrected chi connectivity index (χ2v) is 11.6. The molecule has 8 heteroatoms. The molecule has 0 saturated heterocycles. The average Bonchev–Trinajstić information content (AvgIpc) is 3.47. The first kappa shape index (κ1) is 25.6. The van der Waals surface area contributed by atoms with Gasteiger partial charge in [-0.2, -0.15) is 15.1 Å². The first-order valence-corrected chi connectivity index (χ1v) is 14.5. The van der Waals surface area contributed by atoms with Crippen molar-refractivity contribution >= 4 is 50.7 Å². The van der Waals surface area contributed by atoms with Crippen LogP contribution in [0.2, 0.25) is 0 Å². The van der Waals surface area contributed by atoms with Crippen molar-refractivity contribution in [3.63, 3.8) is 0 Å². The van der Waals surface area contributed by atoms with Crippen molar-refractivity contribution < 1.29 is 9.53 Å². The molecule has 0 unspecified atom stereocenters. The number of carbonyl (C=O) groups excluding carboxylic acids is 1. The molecule has 1 aliphatic carbocycles. The highest BCUT2D eigenvalue weighted by Gasteiger charge is 2.38. The van der Waals surface area contributed by atoms with Crippen LogP contribution in [0, 0.1) is 32.1 Å². The monoisotopic (exact) mass is 539 g/mol. The van der Waals surface area contributed by atoms with Gasteiger partial charge >= 0.3 is 0 Å². The summed E-state index contributed by atoms with van der Waals surface area (Å²) < 4.78 is 8.36. The third-order valence-corrected chi connectivity index (χ3v) is 8.97. The highest BCUT2D eigenvalue weighted by Crippen LogP contribution is 2.37. The first-order chi connectivity index (χ1) is 18.9. The second kappa shape index (κ2) is 10.5. The van der Waals surface area contributed by atoms with E-state index in [9.17, 15) is 4.79 Å². The Hall–Kier alpha value is -3.65. The Morgan fingerprint density at radius 1 is 1.10 bits per heavy atom. The number of amides is 1. The lowest BCUT2D eigenvalue weighted by atomic mass is 9.90. The molecule has 0 spiro atoms. The van der Waals surface area contributed by atoms with Crippen LogP contribution in [0.4, 0.5) is 0 Å². The predicted octanol–water partition coefficient (Wildman–Crippen LogP) is 6.85. The number of aromatic nitrogens is 1. The van der Waals surface area contributed by atoms with Crippen LogP contribution < -0.4 is 4.74 Å². The van der Waals surface area contributed by atoms with Gasteiger partial charge in [-0.1, -0.05) is 55.2 Å². The van der Waals surface area contributed by atoms with Gasteiger partial charge in [0.2, 0.25) is 5.17 Å². The number of hydrogen-bond acceptors (Lipinski definition) is 5. The minimum Gasteiger partial charge on any atom is -0.491 e. The summed E-state index contributed by atoms with van der Waals surface area (Å²) in [4.78, 5) is 17.5. The highest BCUT2D eigenvalue weighted by molar-refractivity contribution is 8.27. The lowest BCUT2D eigenvalue weighted by molar-refractivity contribution is -0.114. The maximum Gasteiger partial charge on any atom is 0.283 e. The Kier molecular flexibility index (Phi) is 6.89. The number of aliphatic imine (C=N–C) groups is 1. The minimum absolute atomic E-state index is 0.0951. The molecular weight excluding hydrogens is 506 g/mol. The molecule has 1 N–H and O–H groups in total. The van der Waals surface area contributed by atoms with Gasteiger partial charge in [0.05, 0.1) is 12.1 Å². The summed E-state index contributed by atoms with van der Waals surface area (Å²) in [6.45, 7) is 7.38. The number of nitrogens with one attached hydrogen (secondary N) is 1. The van der Waals surface area contributed by atoms with E-state index in [1.165, 1.54) is 36.6 Å². The molecule has 1 aromatic heterocycles. The zero-order valence-corrected chi connectivity index (χ0v) is 23.5. The van der Waals surface area contributed by atoms with E-state index in [0.29, 0.717) is 24.2 Å². The second-order valence-electron chi connectivity index (χ2n) is 10.6. The maximum absolute atomic E-state index is 13.2. The van der Waals surface area contributed by atoms with Gasteiger partial charge in [-0.25, -0.2) is 0 Å². The van der Waals surface area contributed by atoms with E-state index in [-0.39, 0.29) is 17.3 Å². The van der Waals surface area contributed by atoms with Gasteiger partial charge in [-0.05, 0) is 69.1 Å². The van der Waals surface area contributed by atoms with Crippen molar-refractivity contribution in [3.05, 3.63) is 70.4 Å². The molecule has 1 fully saturated rings. The Balaban J connectivity index is 1.29. The Morgan fingerprint density at radius 2 is 1.90 bits per heavy atom. The highest BCUT2D eigenvalue weighted by atomic mass is 32.2. The summed E-state index contributed by atoms with van der Waals surface area (Å²) in [5, 5.41) is 17.7. The Bertz CT molecular complexity index is 1580. The van der Waals surface area contributed by atoms with Gasteiger partial charge in [0.25, 0.3) is 5.91 Å². The molecule has 1 saturated carbocycles. The molecular formula is C31H33N5O2S. The van der Waals surface area contributed by atoms with Crippen molar-refractivity contribution in [3.8, 4) is 5.75 Å². The molecule has 0 atom stereocenters. The van der Waals surface area contributed by atoms with E-state index in [2.05, 4.69) is 54.6 Å². The largest absolute Gasteiger partial charge is 0.491 e. The SMILES string of the molecule is Cc1ccc(OCCn2c(C)c(/C=C3/C(=N)N4N=C(C5CCCCC5)SC4=NC3=O)c3ccccc32)c(C)c1. The summed E-state index contributed by atoms with van der Waals surface area (Å²) in [6, 6.07) is 14.4. The Labute approximate surface area is 233 Å². The number of thioether (sulfide) groups is 1. The van der Waals surface area contributed by atoms with Crippen LogP contribution in [0.25, 0.3) is 17.0 Å². The first-order valence-electron chi connectivity index (χ1n) is 13.7. The average molecular weight is 540 g/mol. The zero-order chi connectivity index (χ0) is 27.1. The van der Waals surface area contributed by atoms with E-state index < -0.39 is 0 Å². The number of nitrogens with zero attached hydrogens (tertiary/aromatic N) is 4. The number of carbonyl (C=O) groups is 1. The van der Waals surface area contributed by atoms with Crippen molar-refractivity contribution in [1.82, 2.24) is 9.58 Å². The normalized spacial score (nSPS) is 19.1. The number of amidine groups is 2. The van der Waals surface area contributed by atoms with Gasteiger partial charge in [-0.15, -0.1) is 0 Å². The number of aryl methyl sites for hydroxylation is 2. The summed E-state index contributed by atoms with van der Waals surface area (Å²) in [5.74, 6) is 1.01. The van der Waals surface area contributed by atoms with Gasteiger partial charge in [0.1, 0.15) is 17.4 Å². The maximum atomic E-state index is 13.2.